The van der Waals surface area contributed by atoms with Crippen molar-refractivity contribution < 1.29 is 4.79 Å². The van der Waals surface area contributed by atoms with Crippen molar-refractivity contribution in [2.75, 3.05) is 11.4 Å². The number of carbonyl (C=O) groups is 1. The highest BCUT2D eigenvalue weighted by Crippen LogP contribution is 2.31. The smallest absolute Gasteiger partial charge is 0.248 e. The van der Waals surface area contributed by atoms with Gasteiger partial charge in [0.15, 0.2) is 0 Å². The second kappa shape index (κ2) is 5.28. The van der Waals surface area contributed by atoms with Crippen LogP contribution in [0.2, 0.25) is 0 Å². The molecule has 2 atom stereocenters. The minimum Gasteiger partial charge on any atom is -0.368 e. The van der Waals surface area contributed by atoms with Gasteiger partial charge in [-0.05, 0) is 53.9 Å². The Morgan fingerprint density at radius 1 is 1.50 bits per heavy atom. The molecule has 1 aliphatic rings. The SMILES string of the molecule is CC1CC(N)CCN1c1ccc(C(N)=O)cc1Br. The molecule has 4 nitrogen and oxygen atoms in total. The van der Waals surface area contributed by atoms with Gasteiger partial charge in [0.2, 0.25) is 5.91 Å². The van der Waals surface area contributed by atoms with E-state index < -0.39 is 5.91 Å². The lowest BCUT2D eigenvalue weighted by molar-refractivity contribution is 0.100. The van der Waals surface area contributed by atoms with Gasteiger partial charge in [-0.1, -0.05) is 0 Å². The molecule has 0 aromatic heterocycles. The van der Waals surface area contributed by atoms with Crippen molar-refractivity contribution in [2.24, 2.45) is 11.5 Å². The lowest BCUT2D eigenvalue weighted by Crippen LogP contribution is -2.45. The number of hydrogen-bond acceptors (Lipinski definition) is 3. The average molecular weight is 312 g/mol. The third-order valence-corrected chi connectivity index (χ3v) is 4.09. The fraction of sp³-hybridized carbons (Fsp3) is 0.462. The lowest BCUT2D eigenvalue weighted by atomic mass is 9.98. The number of benzene rings is 1. The highest BCUT2D eigenvalue weighted by Gasteiger charge is 2.24. The number of hydrogen-bond donors (Lipinski definition) is 2. The van der Waals surface area contributed by atoms with Gasteiger partial charge >= 0.3 is 0 Å². The molecular weight excluding hydrogens is 294 g/mol. The number of anilines is 1. The van der Waals surface area contributed by atoms with E-state index in [2.05, 4.69) is 27.8 Å². The highest BCUT2D eigenvalue weighted by atomic mass is 79.9. The van der Waals surface area contributed by atoms with Crippen molar-refractivity contribution in [3.63, 3.8) is 0 Å². The molecule has 5 heteroatoms. The topological polar surface area (TPSA) is 72.3 Å². The van der Waals surface area contributed by atoms with E-state index in [0.717, 1.165) is 29.5 Å². The minimum absolute atomic E-state index is 0.292. The molecule has 1 aromatic rings. The zero-order valence-electron chi connectivity index (χ0n) is 10.4. The van der Waals surface area contributed by atoms with Crippen LogP contribution in [0.4, 0.5) is 5.69 Å². The van der Waals surface area contributed by atoms with E-state index in [1.165, 1.54) is 0 Å². The second-order valence-corrected chi connectivity index (χ2v) is 5.71. The summed E-state index contributed by atoms with van der Waals surface area (Å²) in [5, 5.41) is 0. The second-order valence-electron chi connectivity index (χ2n) is 4.86. The predicted molar refractivity (Wildman–Crippen MR) is 76.7 cm³/mol. The zero-order valence-corrected chi connectivity index (χ0v) is 12.0. The summed E-state index contributed by atoms with van der Waals surface area (Å²) in [7, 11) is 0. The Morgan fingerprint density at radius 2 is 2.22 bits per heavy atom. The minimum atomic E-state index is -0.407. The first-order chi connectivity index (χ1) is 8.49. The van der Waals surface area contributed by atoms with Crippen molar-refractivity contribution in [3.8, 4) is 0 Å². The van der Waals surface area contributed by atoms with Crippen LogP contribution in [0.1, 0.15) is 30.1 Å². The lowest BCUT2D eigenvalue weighted by Gasteiger charge is -2.38. The van der Waals surface area contributed by atoms with Gasteiger partial charge in [-0.3, -0.25) is 4.79 Å². The molecule has 0 aliphatic carbocycles. The number of rotatable bonds is 2. The largest absolute Gasteiger partial charge is 0.368 e. The number of primary amides is 1. The van der Waals surface area contributed by atoms with E-state index in [1.807, 2.05) is 6.07 Å². The number of halogens is 1. The van der Waals surface area contributed by atoms with Crippen LogP contribution < -0.4 is 16.4 Å². The maximum absolute atomic E-state index is 11.1. The molecule has 1 saturated heterocycles. The molecule has 0 bridgehead atoms. The van der Waals surface area contributed by atoms with Gasteiger partial charge in [-0.15, -0.1) is 0 Å². The number of carbonyl (C=O) groups excluding carboxylic acids is 1. The third kappa shape index (κ3) is 2.67. The Balaban J connectivity index is 2.26. The summed E-state index contributed by atoms with van der Waals surface area (Å²) in [6, 6.07) is 6.18. The van der Waals surface area contributed by atoms with Gasteiger partial charge in [0.05, 0.1) is 5.69 Å². The van der Waals surface area contributed by atoms with Gasteiger partial charge in [-0.2, -0.15) is 0 Å². The summed E-state index contributed by atoms with van der Waals surface area (Å²) in [5.41, 5.74) is 12.9. The first-order valence-electron chi connectivity index (χ1n) is 6.10. The maximum atomic E-state index is 11.1. The average Bonchev–Trinajstić information content (AvgIpc) is 2.30. The molecule has 0 radical (unpaired) electrons. The molecule has 2 unspecified atom stereocenters. The fourth-order valence-electron chi connectivity index (χ4n) is 2.46. The van der Waals surface area contributed by atoms with Crippen LogP contribution >= 0.6 is 15.9 Å². The van der Waals surface area contributed by atoms with Crippen LogP contribution in [0.25, 0.3) is 0 Å². The van der Waals surface area contributed by atoms with Crippen LogP contribution in [-0.4, -0.2) is 24.5 Å². The number of nitrogens with two attached hydrogens (primary N) is 2. The molecule has 0 saturated carbocycles. The molecule has 1 aliphatic heterocycles. The van der Waals surface area contributed by atoms with Gasteiger partial charge in [0.1, 0.15) is 0 Å². The molecule has 2 rings (SSSR count). The molecule has 1 aromatic carbocycles. The van der Waals surface area contributed by atoms with Gasteiger partial charge in [-0.25, -0.2) is 0 Å². The van der Waals surface area contributed by atoms with Crippen LogP contribution in [-0.2, 0) is 0 Å². The fourth-order valence-corrected chi connectivity index (χ4v) is 3.07. The summed E-state index contributed by atoms with van der Waals surface area (Å²) in [4.78, 5) is 13.4. The first-order valence-corrected chi connectivity index (χ1v) is 6.90. The molecule has 98 valence electrons. The Labute approximate surface area is 115 Å². The van der Waals surface area contributed by atoms with E-state index in [-0.39, 0.29) is 0 Å². The standard InChI is InChI=1S/C13H18BrN3O/c1-8-6-10(15)4-5-17(8)12-3-2-9(13(16)18)7-11(12)14/h2-3,7-8,10H,4-6,15H2,1H3,(H2,16,18). The van der Waals surface area contributed by atoms with Crippen molar-refractivity contribution in [2.45, 2.75) is 31.8 Å². The quantitative estimate of drug-likeness (QED) is 0.875. The Bertz CT molecular complexity index is 464. The van der Waals surface area contributed by atoms with Crippen molar-refractivity contribution in [1.82, 2.24) is 0 Å². The summed E-state index contributed by atoms with van der Waals surface area (Å²) >= 11 is 3.51. The van der Waals surface area contributed by atoms with Gasteiger partial charge < -0.3 is 16.4 Å². The molecule has 1 amide bonds. The van der Waals surface area contributed by atoms with Gasteiger partial charge in [0, 0.05) is 28.7 Å². The van der Waals surface area contributed by atoms with Crippen molar-refractivity contribution >= 4 is 27.5 Å². The van der Waals surface area contributed by atoms with Crippen LogP contribution in [0.15, 0.2) is 22.7 Å². The molecular formula is C13H18BrN3O. The van der Waals surface area contributed by atoms with Crippen LogP contribution in [0.3, 0.4) is 0 Å². The van der Waals surface area contributed by atoms with E-state index in [1.54, 1.807) is 12.1 Å². The summed E-state index contributed by atoms with van der Waals surface area (Å²) < 4.78 is 0.904. The zero-order chi connectivity index (χ0) is 13.3. The van der Waals surface area contributed by atoms with E-state index in [4.69, 9.17) is 11.5 Å². The monoisotopic (exact) mass is 311 g/mol. The Kier molecular flexibility index (Phi) is 3.92. The Morgan fingerprint density at radius 3 is 2.78 bits per heavy atom. The van der Waals surface area contributed by atoms with Gasteiger partial charge in [0.25, 0.3) is 0 Å². The van der Waals surface area contributed by atoms with Crippen LogP contribution in [0.5, 0.6) is 0 Å². The molecule has 4 N–H and O–H groups in total. The summed E-state index contributed by atoms with van der Waals surface area (Å²) in [6.45, 7) is 3.12. The summed E-state index contributed by atoms with van der Waals surface area (Å²) in [5.74, 6) is -0.407. The van der Waals surface area contributed by atoms with Crippen LogP contribution in [0, 0.1) is 0 Å². The molecule has 18 heavy (non-hydrogen) atoms. The molecule has 0 spiro atoms. The van der Waals surface area contributed by atoms with Crippen molar-refractivity contribution in [1.29, 1.82) is 0 Å². The van der Waals surface area contributed by atoms with E-state index in [0.29, 0.717) is 17.6 Å². The Hall–Kier alpha value is -1.07. The molecule has 1 heterocycles. The predicted octanol–water partition coefficient (Wildman–Crippen LogP) is 1.86. The molecule has 1 fully saturated rings. The number of nitrogens with zero attached hydrogens (tertiary/aromatic N) is 1. The summed E-state index contributed by atoms with van der Waals surface area (Å²) in [6.07, 6.45) is 1.98. The third-order valence-electron chi connectivity index (χ3n) is 3.46. The normalized spacial score (nSPS) is 24.1. The maximum Gasteiger partial charge on any atom is 0.248 e. The number of amides is 1. The highest BCUT2D eigenvalue weighted by molar-refractivity contribution is 9.10. The first kappa shape index (κ1) is 13.4. The number of piperidine rings is 1. The van der Waals surface area contributed by atoms with E-state index in [9.17, 15) is 4.79 Å². The van der Waals surface area contributed by atoms with Crippen molar-refractivity contribution in [3.05, 3.63) is 28.2 Å². The van der Waals surface area contributed by atoms with E-state index >= 15 is 0 Å².